The summed E-state index contributed by atoms with van der Waals surface area (Å²) in [7, 11) is 0. The summed E-state index contributed by atoms with van der Waals surface area (Å²) in [6.07, 6.45) is 0. The molecule has 2 heterocycles. The molecule has 4 nitrogen and oxygen atoms in total. The van der Waals surface area contributed by atoms with Crippen molar-refractivity contribution in [1.29, 1.82) is 5.41 Å². The second-order valence-electron chi connectivity index (χ2n) is 4.05. The molecule has 1 aliphatic rings. The monoisotopic (exact) mass is 268 g/mol. The van der Waals surface area contributed by atoms with Crippen LogP contribution in [0, 0.1) is 19.3 Å². The predicted molar refractivity (Wildman–Crippen MR) is 66.9 cm³/mol. The number of halogens is 1. The highest BCUT2D eigenvalue weighted by Gasteiger charge is 2.53. The van der Waals surface area contributed by atoms with Crippen LogP contribution in [0.15, 0.2) is 11.1 Å². The van der Waals surface area contributed by atoms with Gasteiger partial charge < -0.3 is 4.74 Å². The molecule has 0 fully saturated rings. The van der Waals surface area contributed by atoms with Gasteiger partial charge in [0, 0.05) is 11.3 Å². The zero-order chi connectivity index (χ0) is 13.5. The third-order valence-corrected chi connectivity index (χ3v) is 3.80. The molecule has 0 aromatic carbocycles. The molecule has 0 bridgehead atoms. The third-order valence-electron chi connectivity index (χ3n) is 2.66. The van der Waals surface area contributed by atoms with Crippen LogP contribution in [-0.4, -0.2) is 28.3 Å². The Hall–Kier alpha value is -1.43. The van der Waals surface area contributed by atoms with Crippen LogP contribution < -0.4 is 0 Å². The summed E-state index contributed by atoms with van der Waals surface area (Å²) < 4.78 is 19.3. The number of rotatable bonds is 2. The van der Waals surface area contributed by atoms with E-state index in [2.05, 4.69) is 4.98 Å². The molecule has 0 amide bonds. The molecular formula is C12H13FN2O2S. The summed E-state index contributed by atoms with van der Waals surface area (Å²) in [6, 6.07) is 1.77. The van der Waals surface area contributed by atoms with E-state index in [1.807, 2.05) is 0 Å². The Bertz CT molecular complexity index is 547. The molecule has 0 radical (unpaired) electrons. The van der Waals surface area contributed by atoms with Crippen molar-refractivity contribution in [3.8, 4) is 0 Å². The SMILES string of the molecule is CCOC(=O)C1(F)Sc2nc(C)cc(C)c2C1=N. The van der Waals surface area contributed by atoms with E-state index in [0.717, 1.165) is 11.3 Å². The van der Waals surface area contributed by atoms with E-state index < -0.39 is 11.0 Å². The smallest absolute Gasteiger partial charge is 0.361 e. The summed E-state index contributed by atoms with van der Waals surface area (Å²) in [6.45, 7) is 5.25. The minimum atomic E-state index is -2.47. The van der Waals surface area contributed by atoms with Gasteiger partial charge in [-0.05, 0) is 44.2 Å². The average molecular weight is 268 g/mol. The quantitative estimate of drug-likeness (QED) is 0.837. The Kier molecular flexibility index (Phi) is 3.14. The van der Waals surface area contributed by atoms with Crippen molar-refractivity contribution in [2.24, 2.45) is 0 Å². The zero-order valence-corrected chi connectivity index (χ0v) is 11.2. The van der Waals surface area contributed by atoms with Crippen LogP contribution in [0.5, 0.6) is 0 Å². The van der Waals surface area contributed by atoms with Crippen molar-refractivity contribution in [3.05, 3.63) is 22.9 Å². The van der Waals surface area contributed by atoms with Crippen LogP contribution in [-0.2, 0) is 9.53 Å². The standard InChI is InChI=1S/C12H13FN2O2S/c1-4-17-11(16)12(13)9(14)8-6(2)5-7(3)15-10(8)18-12/h5,14H,4H2,1-3H3. The molecule has 2 rings (SSSR count). The van der Waals surface area contributed by atoms with E-state index in [-0.39, 0.29) is 12.3 Å². The number of hydrogen-bond donors (Lipinski definition) is 1. The van der Waals surface area contributed by atoms with Gasteiger partial charge in [0.1, 0.15) is 10.7 Å². The molecule has 96 valence electrons. The lowest BCUT2D eigenvalue weighted by Crippen LogP contribution is -2.37. The average Bonchev–Trinajstić information content (AvgIpc) is 2.52. The van der Waals surface area contributed by atoms with E-state index in [1.165, 1.54) is 0 Å². The molecule has 1 atom stereocenters. The highest BCUT2D eigenvalue weighted by Crippen LogP contribution is 2.46. The van der Waals surface area contributed by atoms with Crippen LogP contribution in [0.3, 0.4) is 0 Å². The molecular weight excluding hydrogens is 255 g/mol. The molecule has 1 aromatic heterocycles. The number of aromatic nitrogens is 1. The van der Waals surface area contributed by atoms with E-state index in [4.69, 9.17) is 10.1 Å². The number of aryl methyl sites for hydroxylation is 2. The van der Waals surface area contributed by atoms with Crippen molar-refractivity contribution in [2.45, 2.75) is 30.8 Å². The molecule has 1 aliphatic heterocycles. The molecule has 1 N–H and O–H groups in total. The number of esters is 1. The first-order chi connectivity index (χ1) is 8.40. The summed E-state index contributed by atoms with van der Waals surface area (Å²) >= 11 is 0.646. The fourth-order valence-corrected chi connectivity index (χ4v) is 3.06. The number of alkyl halides is 1. The van der Waals surface area contributed by atoms with Gasteiger partial charge in [0.25, 0.3) is 5.00 Å². The maximum absolute atomic E-state index is 14.6. The molecule has 0 saturated carbocycles. The predicted octanol–water partition coefficient (Wildman–Crippen LogP) is 2.40. The van der Waals surface area contributed by atoms with E-state index in [0.29, 0.717) is 22.4 Å². The van der Waals surface area contributed by atoms with Gasteiger partial charge >= 0.3 is 5.97 Å². The molecule has 0 spiro atoms. The number of pyridine rings is 1. The number of ether oxygens (including phenoxy) is 1. The zero-order valence-electron chi connectivity index (χ0n) is 10.3. The molecule has 1 unspecified atom stereocenters. The fraction of sp³-hybridized carbons (Fsp3) is 0.417. The molecule has 0 aliphatic carbocycles. The number of fused-ring (bicyclic) bond motifs is 1. The third kappa shape index (κ3) is 1.80. The van der Waals surface area contributed by atoms with Gasteiger partial charge in [-0.3, -0.25) is 5.41 Å². The maximum atomic E-state index is 14.6. The number of hydrogen-bond acceptors (Lipinski definition) is 5. The summed E-state index contributed by atoms with van der Waals surface area (Å²) in [5, 5.41) is 5.78. The van der Waals surface area contributed by atoms with E-state index in [1.54, 1.807) is 26.8 Å². The summed E-state index contributed by atoms with van der Waals surface area (Å²) in [4.78, 5) is 15.8. The number of carbonyl (C=O) groups is 1. The Morgan fingerprint density at radius 3 is 2.89 bits per heavy atom. The lowest BCUT2D eigenvalue weighted by molar-refractivity contribution is -0.147. The number of carbonyl (C=O) groups excluding carboxylic acids is 1. The maximum Gasteiger partial charge on any atom is 0.361 e. The first-order valence-corrected chi connectivity index (χ1v) is 6.34. The molecule has 18 heavy (non-hydrogen) atoms. The fourth-order valence-electron chi connectivity index (χ4n) is 1.89. The summed E-state index contributed by atoms with van der Waals surface area (Å²) in [5.41, 5.74) is 1.52. The Morgan fingerprint density at radius 2 is 2.28 bits per heavy atom. The Morgan fingerprint density at radius 1 is 1.61 bits per heavy atom. The normalized spacial score (nSPS) is 21.9. The summed E-state index contributed by atoms with van der Waals surface area (Å²) in [5.74, 6) is -1.03. The van der Waals surface area contributed by atoms with Gasteiger partial charge in [-0.25, -0.2) is 14.2 Å². The van der Waals surface area contributed by atoms with Gasteiger partial charge in [-0.2, -0.15) is 0 Å². The van der Waals surface area contributed by atoms with Crippen LogP contribution in [0.25, 0.3) is 0 Å². The number of thioether (sulfide) groups is 1. The van der Waals surface area contributed by atoms with E-state index >= 15 is 0 Å². The minimum absolute atomic E-state index is 0.0835. The largest absolute Gasteiger partial charge is 0.463 e. The molecule has 6 heteroatoms. The molecule has 1 aromatic rings. The Labute approximate surface area is 108 Å². The first kappa shape index (κ1) is 13.0. The van der Waals surface area contributed by atoms with E-state index in [9.17, 15) is 9.18 Å². The highest BCUT2D eigenvalue weighted by molar-refractivity contribution is 8.02. The first-order valence-electron chi connectivity index (χ1n) is 5.53. The lowest BCUT2D eigenvalue weighted by Gasteiger charge is -2.15. The van der Waals surface area contributed by atoms with Gasteiger partial charge in [-0.1, -0.05) is 0 Å². The van der Waals surface area contributed by atoms with Crippen LogP contribution in [0.4, 0.5) is 4.39 Å². The Balaban J connectivity index is 2.47. The van der Waals surface area contributed by atoms with Gasteiger partial charge in [0.15, 0.2) is 0 Å². The van der Waals surface area contributed by atoms with Crippen LogP contribution >= 0.6 is 11.8 Å². The van der Waals surface area contributed by atoms with Crippen molar-refractivity contribution in [3.63, 3.8) is 0 Å². The minimum Gasteiger partial charge on any atom is -0.463 e. The van der Waals surface area contributed by atoms with Crippen molar-refractivity contribution >= 4 is 23.4 Å². The van der Waals surface area contributed by atoms with Crippen molar-refractivity contribution < 1.29 is 13.9 Å². The lowest BCUT2D eigenvalue weighted by atomic mass is 10.0. The van der Waals surface area contributed by atoms with Gasteiger partial charge in [0.05, 0.1) is 6.61 Å². The van der Waals surface area contributed by atoms with Gasteiger partial charge in [-0.15, -0.1) is 0 Å². The van der Waals surface area contributed by atoms with Crippen LogP contribution in [0.2, 0.25) is 0 Å². The molecule has 0 saturated heterocycles. The van der Waals surface area contributed by atoms with Crippen LogP contribution in [0.1, 0.15) is 23.7 Å². The highest BCUT2D eigenvalue weighted by atomic mass is 32.2. The second kappa shape index (κ2) is 4.35. The van der Waals surface area contributed by atoms with Gasteiger partial charge in [0.2, 0.25) is 0 Å². The van der Waals surface area contributed by atoms with Crippen molar-refractivity contribution in [1.82, 2.24) is 4.98 Å². The number of nitrogens with zero attached hydrogens (tertiary/aromatic N) is 1. The second-order valence-corrected chi connectivity index (χ2v) is 5.21. The van der Waals surface area contributed by atoms with Crippen molar-refractivity contribution in [2.75, 3.05) is 6.61 Å². The topological polar surface area (TPSA) is 63.0 Å². The number of nitrogens with one attached hydrogen (secondary N) is 1.